The van der Waals surface area contributed by atoms with Crippen molar-refractivity contribution in [3.05, 3.63) is 29.8 Å². The maximum absolute atomic E-state index is 13.0. The summed E-state index contributed by atoms with van der Waals surface area (Å²) in [6, 6.07) is 5.96. The normalized spacial score (nSPS) is 24.2. The molecule has 1 aromatic carbocycles. The van der Waals surface area contributed by atoms with Crippen molar-refractivity contribution in [2.24, 2.45) is 23.7 Å². The van der Waals surface area contributed by atoms with Gasteiger partial charge in [0.2, 0.25) is 10.0 Å². The smallest absolute Gasteiger partial charge is 0.344 e. The maximum Gasteiger partial charge on any atom is 0.344 e. The first kappa shape index (κ1) is 27.3. The molecule has 1 aliphatic carbocycles. The second kappa shape index (κ2) is 11.6. The Bertz CT molecular complexity index is 1030. The lowest BCUT2D eigenvalue weighted by Crippen LogP contribution is -2.41. The van der Waals surface area contributed by atoms with Crippen LogP contribution in [0.4, 0.5) is 0 Å². The summed E-state index contributed by atoms with van der Waals surface area (Å²) in [5.41, 5.74) is 0.332. The highest BCUT2D eigenvalue weighted by atomic mass is 32.2. The number of carbonyl (C=O) groups excluding carboxylic acids is 3. The summed E-state index contributed by atoms with van der Waals surface area (Å²) in [6.45, 7) is 7.70. The fraction of sp³-hybridized carbons (Fsp3) is 0.654. The maximum atomic E-state index is 13.0. The van der Waals surface area contributed by atoms with Gasteiger partial charge in [0, 0.05) is 18.7 Å². The first-order valence-electron chi connectivity index (χ1n) is 12.5. The van der Waals surface area contributed by atoms with E-state index in [2.05, 4.69) is 20.8 Å². The molecule has 8 nitrogen and oxygen atoms in total. The van der Waals surface area contributed by atoms with E-state index in [4.69, 9.17) is 9.47 Å². The molecule has 0 unspecified atom stereocenters. The van der Waals surface area contributed by atoms with Crippen LogP contribution in [0.25, 0.3) is 0 Å². The average molecular weight is 508 g/mol. The predicted molar refractivity (Wildman–Crippen MR) is 130 cm³/mol. The van der Waals surface area contributed by atoms with E-state index in [-0.39, 0.29) is 29.9 Å². The first-order chi connectivity index (χ1) is 16.5. The quantitative estimate of drug-likeness (QED) is 0.389. The predicted octanol–water partition coefficient (Wildman–Crippen LogP) is 3.84. The Balaban J connectivity index is 1.49. The third-order valence-electron chi connectivity index (χ3n) is 7.24. The Labute approximate surface area is 208 Å². The standard InChI is InChI=1S/C26H37NO7S/c1-17(2)23-9-8-18(3)14-24(23)34-25(29)16-33-26(30)20-10-12-27(13-11-20)35(31,32)22-7-5-6-21(15-22)19(4)28/h5-7,15,17-18,20,23-24H,8-14,16H2,1-4H3/t18-,23-,24-/m1/s1. The van der Waals surface area contributed by atoms with Crippen molar-refractivity contribution in [3.63, 3.8) is 0 Å². The molecule has 0 radical (unpaired) electrons. The summed E-state index contributed by atoms with van der Waals surface area (Å²) < 4.78 is 38.2. The number of esters is 2. The van der Waals surface area contributed by atoms with Crippen LogP contribution in [-0.2, 0) is 29.1 Å². The number of Topliss-reactive ketones (excluding diaryl/α,β-unsaturated/α-hetero) is 1. The van der Waals surface area contributed by atoms with E-state index in [1.165, 1.54) is 23.4 Å². The molecule has 3 rings (SSSR count). The van der Waals surface area contributed by atoms with E-state index < -0.39 is 34.5 Å². The van der Waals surface area contributed by atoms with E-state index >= 15 is 0 Å². The average Bonchev–Trinajstić information content (AvgIpc) is 2.82. The molecule has 0 spiro atoms. The molecule has 1 saturated carbocycles. The highest BCUT2D eigenvalue weighted by Crippen LogP contribution is 2.35. The van der Waals surface area contributed by atoms with Crippen molar-refractivity contribution in [2.45, 2.75) is 70.8 Å². The molecule has 9 heteroatoms. The van der Waals surface area contributed by atoms with Gasteiger partial charge in [-0.25, -0.2) is 13.2 Å². The fourth-order valence-corrected chi connectivity index (χ4v) is 6.57. The number of hydrogen-bond acceptors (Lipinski definition) is 7. The van der Waals surface area contributed by atoms with Crippen molar-refractivity contribution in [1.29, 1.82) is 0 Å². The third-order valence-corrected chi connectivity index (χ3v) is 9.14. The van der Waals surface area contributed by atoms with Crippen molar-refractivity contribution in [1.82, 2.24) is 4.31 Å². The van der Waals surface area contributed by atoms with Gasteiger partial charge in [-0.05, 0) is 62.5 Å². The summed E-state index contributed by atoms with van der Waals surface area (Å²) in [5, 5.41) is 0. The molecule has 1 aliphatic heterocycles. The summed E-state index contributed by atoms with van der Waals surface area (Å²) in [5.74, 6) is -0.501. The molecule has 2 fully saturated rings. The first-order valence-corrected chi connectivity index (χ1v) is 13.9. The molecule has 0 N–H and O–H groups in total. The molecule has 1 heterocycles. The number of ketones is 1. The summed E-state index contributed by atoms with van der Waals surface area (Å²) >= 11 is 0. The fourth-order valence-electron chi connectivity index (χ4n) is 5.06. The monoisotopic (exact) mass is 507 g/mol. The van der Waals surface area contributed by atoms with E-state index in [0.717, 1.165) is 19.3 Å². The van der Waals surface area contributed by atoms with Gasteiger partial charge >= 0.3 is 11.9 Å². The van der Waals surface area contributed by atoms with Gasteiger partial charge in [-0.15, -0.1) is 0 Å². The van der Waals surface area contributed by atoms with E-state index in [1.54, 1.807) is 12.1 Å². The summed E-state index contributed by atoms with van der Waals surface area (Å²) in [4.78, 5) is 36.6. The molecular formula is C26H37NO7S. The van der Waals surface area contributed by atoms with Crippen LogP contribution < -0.4 is 0 Å². The van der Waals surface area contributed by atoms with Gasteiger partial charge < -0.3 is 9.47 Å². The van der Waals surface area contributed by atoms with Crippen LogP contribution in [0.15, 0.2) is 29.2 Å². The number of benzene rings is 1. The minimum atomic E-state index is -3.77. The van der Waals surface area contributed by atoms with E-state index in [1.807, 2.05) is 0 Å². The minimum Gasteiger partial charge on any atom is -0.460 e. The molecule has 2 aliphatic rings. The minimum absolute atomic E-state index is 0.0608. The number of carbonyl (C=O) groups is 3. The summed E-state index contributed by atoms with van der Waals surface area (Å²) in [6.07, 6.45) is 3.43. The zero-order valence-electron chi connectivity index (χ0n) is 21.1. The second-order valence-corrected chi connectivity index (χ2v) is 12.2. The Morgan fingerprint density at radius 3 is 2.40 bits per heavy atom. The number of sulfonamides is 1. The number of rotatable bonds is 8. The van der Waals surface area contributed by atoms with Crippen LogP contribution in [-0.4, -0.2) is 56.2 Å². The van der Waals surface area contributed by atoms with Crippen molar-refractivity contribution < 1.29 is 32.3 Å². The van der Waals surface area contributed by atoms with Crippen molar-refractivity contribution in [3.8, 4) is 0 Å². The lowest BCUT2D eigenvalue weighted by atomic mass is 9.75. The Hall–Kier alpha value is -2.26. The van der Waals surface area contributed by atoms with Crippen LogP contribution in [0.5, 0.6) is 0 Å². The highest BCUT2D eigenvalue weighted by molar-refractivity contribution is 7.89. The van der Waals surface area contributed by atoms with Crippen LogP contribution >= 0.6 is 0 Å². The third kappa shape index (κ3) is 6.91. The molecule has 3 atom stereocenters. The molecule has 0 bridgehead atoms. The SMILES string of the molecule is CC(=O)c1cccc(S(=O)(=O)N2CCC(C(=O)OCC(=O)O[C@@H]3C[C@H](C)CC[C@@H]3C(C)C)CC2)c1. The van der Waals surface area contributed by atoms with Gasteiger partial charge in [-0.2, -0.15) is 4.31 Å². The number of piperidine rings is 1. The Kier molecular flexibility index (Phi) is 9.10. The van der Waals surface area contributed by atoms with Gasteiger partial charge in [-0.3, -0.25) is 9.59 Å². The summed E-state index contributed by atoms with van der Waals surface area (Å²) in [7, 11) is -3.77. The van der Waals surface area contributed by atoms with Gasteiger partial charge in [0.15, 0.2) is 12.4 Å². The van der Waals surface area contributed by atoms with Crippen LogP contribution in [0.2, 0.25) is 0 Å². The Morgan fingerprint density at radius 2 is 1.77 bits per heavy atom. The van der Waals surface area contributed by atoms with Gasteiger partial charge in [0.25, 0.3) is 0 Å². The van der Waals surface area contributed by atoms with E-state index in [9.17, 15) is 22.8 Å². The van der Waals surface area contributed by atoms with Crippen molar-refractivity contribution in [2.75, 3.05) is 19.7 Å². The lowest BCUT2D eigenvalue weighted by molar-refractivity contribution is -0.169. The van der Waals surface area contributed by atoms with Crippen molar-refractivity contribution >= 4 is 27.7 Å². The molecular weight excluding hydrogens is 470 g/mol. The number of nitrogens with zero attached hydrogens (tertiary/aromatic N) is 1. The van der Waals surface area contributed by atoms with E-state index in [0.29, 0.717) is 36.2 Å². The van der Waals surface area contributed by atoms with Crippen LogP contribution in [0, 0.1) is 23.7 Å². The molecule has 1 aromatic rings. The molecule has 0 aromatic heterocycles. The number of ether oxygens (including phenoxy) is 2. The molecule has 1 saturated heterocycles. The Morgan fingerprint density at radius 1 is 1.09 bits per heavy atom. The lowest BCUT2D eigenvalue weighted by Gasteiger charge is -2.36. The van der Waals surface area contributed by atoms with Crippen LogP contribution in [0.1, 0.15) is 70.2 Å². The highest BCUT2D eigenvalue weighted by Gasteiger charge is 2.35. The topological polar surface area (TPSA) is 107 Å². The molecule has 0 amide bonds. The largest absolute Gasteiger partial charge is 0.460 e. The molecule has 194 valence electrons. The molecule has 35 heavy (non-hydrogen) atoms. The van der Waals surface area contributed by atoms with Gasteiger partial charge in [0.1, 0.15) is 6.10 Å². The zero-order chi connectivity index (χ0) is 25.8. The van der Waals surface area contributed by atoms with Gasteiger partial charge in [-0.1, -0.05) is 39.3 Å². The second-order valence-electron chi connectivity index (χ2n) is 10.2. The van der Waals surface area contributed by atoms with Crippen LogP contribution in [0.3, 0.4) is 0 Å². The zero-order valence-corrected chi connectivity index (χ0v) is 21.9. The van der Waals surface area contributed by atoms with Gasteiger partial charge in [0.05, 0.1) is 10.8 Å². The number of hydrogen-bond donors (Lipinski definition) is 0.